The topological polar surface area (TPSA) is 61.0 Å². The first-order valence-corrected chi connectivity index (χ1v) is 5.52. The van der Waals surface area contributed by atoms with Gasteiger partial charge in [0.05, 0.1) is 10.9 Å². The van der Waals surface area contributed by atoms with E-state index in [2.05, 4.69) is 9.97 Å². The number of hydrogen-bond donors (Lipinski definition) is 1. The fraction of sp³-hybridized carbons (Fsp3) is 0.333. The molecule has 0 saturated heterocycles. The van der Waals surface area contributed by atoms with E-state index in [1.807, 2.05) is 24.3 Å². The van der Waals surface area contributed by atoms with Crippen molar-refractivity contribution in [1.82, 2.24) is 9.97 Å². The van der Waals surface area contributed by atoms with Crippen LogP contribution in [-0.4, -0.2) is 16.1 Å². The minimum Gasteiger partial charge on any atom is -0.474 e. The third-order valence-corrected chi connectivity index (χ3v) is 2.92. The molecular formula is C12H13N3O. The molecule has 16 heavy (non-hydrogen) atoms. The van der Waals surface area contributed by atoms with Gasteiger partial charge in [-0.1, -0.05) is 12.1 Å². The molecule has 1 saturated carbocycles. The van der Waals surface area contributed by atoms with E-state index >= 15 is 0 Å². The smallest absolute Gasteiger partial charge is 0.226 e. The van der Waals surface area contributed by atoms with Crippen LogP contribution in [0, 0.1) is 0 Å². The van der Waals surface area contributed by atoms with Crippen LogP contribution in [0.5, 0.6) is 5.88 Å². The zero-order chi connectivity index (χ0) is 11.0. The zero-order valence-electron chi connectivity index (χ0n) is 8.89. The molecule has 1 aliphatic rings. The van der Waals surface area contributed by atoms with Gasteiger partial charge in [-0.15, -0.1) is 0 Å². The fourth-order valence-corrected chi connectivity index (χ4v) is 1.80. The molecule has 2 N–H and O–H groups in total. The molecule has 4 heteroatoms. The molecule has 0 amide bonds. The Morgan fingerprint density at radius 3 is 2.75 bits per heavy atom. The van der Waals surface area contributed by atoms with E-state index < -0.39 is 0 Å². The number of benzene rings is 1. The van der Waals surface area contributed by atoms with Crippen molar-refractivity contribution >= 4 is 16.9 Å². The summed E-state index contributed by atoms with van der Waals surface area (Å²) in [6, 6.07) is 7.77. The Hall–Kier alpha value is -1.84. The molecule has 0 aliphatic heterocycles. The summed E-state index contributed by atoms with van der Waals surface area (Å²) in [7, 11) is 0. The van der Waals surface area contributed by atoms with Crippen molar-refractivity contribution in [3.63, 3.8) is 0 Å². The highest BCUT2D eigenvalue weighted by molar-refractivity contribution is 5.84. The van der Waals surface area contributed by atoms with E-state index in [1.54, 1.807) is 0 Å². The predicted molar refractivity (Wildman–Crippen MR) is 62.2 cm³/mol. The van der Waals surface area contributed by atoms with Crippen LogP contribution >= 0.6 is 0 Å². The first-order chi connectivity index (χ1) is 7.83. The molecule has 2 aromatic rings. The lowest BCUT2D eigenvalue weighted by atomic mass is 9.96. The fourth-order valence-electron chi connectivity index (χ4n) is 1.80. The second-order valence-corrected chi connectivity index (χ2v) is 4.07. The van der Waals surface area contributed by atoms with Crippen molar-refractivity contribution < 1.29 is 4.74 Å². The van der Waals surface area contributed by atoms with Crippen molar-refractivity contribution in [3.05, 3.63) is 24.3 Å². The Bertz CT molecular complexity index is 523. The number of rotatable bonds is 2. The van der Waals surface area contributed by atoms with Gasteiger partial charge in [-0.05, 0) is 31.4 Å². The van der Waals surface area contributed by atoms with Crippen LogP contribution in [0.1, 0.15) is 19.3 Å². The Morgan fingerprint density at radius 1 is 1.19 bits per heavy atom. The lowest BCUT2D eigenvalue weighted by Gasteiger charge is -2.26. The van der Waals surface area contributed by atoms with Gasteiger partial charge >= 0.3 is 0 Å². The third kappa shape index (κ3) is 1.56. The lowest BCUT2D eigenvalue weighted by molar-refractivity contribution is 0.117. The molecule has 1 heterocycles. The van der Waals surface area contributed by atoms with Gasteiger partial charge in [-0.2, -0.15) is 4.98 Å². The van der Waals surface area contributed by atoms with Crippen molar-refractivity contribution in [3.8, 4) is 5.88 Å². The average molecular weight is 215 g/mol. The van der Waals surface area contributed by atoms with Crippen LogP contribution in [0.2, 0.25) is 0 Å². The molecule has 1 aromatic heterocycles. The number of anilines is 1. The SMILES string of the molecule is Nc1nc(OC2CCC2)c2ccccc2n1. The molecule has 0 bridgehead atoms. The number of fused-ring (bicyclic) bond motifs is 1. The largest absolute Gasteiger partial charge is 0.474 e. The van der Waals surface area contributed by atoms with Gasteiger partial charge in [-0.3, -0.25) is 0 Å². The van der Waals surface area contributed by atoms with Crippen molar-refractivity contribution in [2.75, 3.05) is 5.73 Å². The van der Waals surface area contributed by atoms with Crippen molar-refractivity contribution in [2.24, 2.45) is 0 Å². The minimum atomic E-state index is 0.271. The maximum atomic E-state index is 5.81. The number of nitrogen functional groups attached to an aromatic ring is 1. The third-order valence-electron chi connectivity index (χ3n) is 2.92. The number of ether oxygens (including phenoxy) is 1. The van der Waals surface area contributed by atoms with Crippen LogP contribution in [0.25, 0.3) is 10.9 Å². The van der Waals surface area contributed by atoms with Gasteiger partial charge in [0.15, 0.2) is 0 Å². The van der Waals surface area contributed by atoms with Crippen LogP contribution in [0.15, 0.2) is 24.3 Å². The summed E-state index contributed by atoms with van der Waals surface area (Å²) in [6.07, 6.45) is 3.76. The molecule has 1 fully saturated rings. The summed E-state index contributed by atoms with van der Waals surface area (Å²) in [5.74, 6) is 0.890. The second kappa shape index (κ2) is 3.63. The summed E-state index contributed by atoms with van der Waals surface area (Å²) in [4.78, 5) is 8.34. The first-order valence-electron chi connectivity index (χ1n) is 5.52. The van der Waals surface area contributed by atoms with Gasteiger partial charge < -0.3 is 10.5 Å². The Kier molecular flexibility index (Phi) is 2.13. The molecule has 0 spiro atoms. The van der Waals surface area contributed by atoms with Crippen molar-refractivity contribution in [2.45, 2.75) is 25.4 Å². The molecule has 0 atom stereocenters. The van der Waals surface area contributed by atoms with Gasteiger partial charge in [0.2, 0.25) is 11.8 Å². The van der Waals surface area contributed by atoms with E-state index in [0.717, 1.165) is 23.7 Å². The van der Waals surface area contributed by atoms with E-state index in [-0.39, 0.29) is 5.95 Å². The molecular weight excluding hydrogens is 202 g/mol. The van der Waals surface area contributed by atoms with E-state index in [0.29, 0.717) is 12.0 Å². The molecule has 3 rings (SSSR count). The Balaban J connectivity index is 2.06. The van der Waals surface area contributed by atoms with Gasteiger partial charge in [-0.25, -0.2) is 4.98 Å². The summed E-state index contributed by atoms with van der Waals surface area (Å²) < 4.78 is 5.81. The molecule has 0 radical (unpaired) electrons. The molecule has 82 valence electrons. The van der Waals surface area contributed by atoms with E-state index in [9.17, 15) is 0 Å². The Morgan fingerprint density at radius 2 is 2.00 bits per heavy atom. The number of para-hydroxylation sites is 1. The summed E-state index contributed by atoms with van der Waals surface area (Å²) in [5.41, 5.74) is 6.49. The minimum absolute atomic E-state index is 0.271. The molecule has 1 aliphatic carbocycles. The zero-order valence-corrected chi connectivity index (χ0v) is 8.89. The van der Waals surface area contributed by atoms with Crippen LogP contribution in [0.4, 0.5) is 5.95 Å². The van der Waals surface area contributed by atoms with Crippen LogP contribution in [-0.2, 0) is 0 Å². The normalized spacial score (nSPS) is 16.0. The van der Waals surface area contributed by atoms with Crippen LogP contribution in [0.3, 0.4) is 0 Å². The van der Waals surface area contributed by atoms with E-state index in [1.165, 1.54) is 6.42 Å². The predicted octanol–water partition coefficient (Wildman–Crippen LogP) is 2.14. The van der Waals surface area contributed by atoms with Crippen LogP contribution < -0.4 is 10.5 Å². The maximum Gasteiger partial charge on any atom is 0.226 e. The highest BCUT2D eigenvalue weighted by Crippen LogP contribution is 2.29. The van der Waals surface area contributed by atoms with E-state index in [4.69, 9.17) is 10.5 Å². The first kappa shape index (κ1) is 9.39. The van der Waals surface area contributed by atoms with Gasteiger partial charge in [0.1, 0.15) is 6.10 Å². The quantitative estimate of drug-likeness (QED) is 0.833. The van der Waals surface area contributed by atoms with Gasteiger partial charge in [0, 0.05) is 0 Å². The summed E-state index contributed by atoms with van der Waals surface area (Å²) in [5, 5.41) is 0.934. The highest BCUT2D eigenvalue weighted by atomic mass is 16.5. The average Bonchev–Trinajstić information content (AvgIpc) is 2.23. The highest BCUT2D eigenvalue weighted by Gasteiger charge is 2.21. The molecule has 4 nitrogen and oxygen atoms in total. The summed E-state index contributed by atoms with van der Waals surface area (Å²) in [6.45, 7) is 0. The number of nitrogens with zero attached hydrogens (tertiary/aromatic N) is 2. The monoisotopic (exact) mass is 215 g/mol. The van der Waals surface area contributed by atoms with Gasteiger partial charge in [0.25, 0.3) is 0 Å². The number of aromatic nitrogens is 2. The standard InChI is InChI=1S/C12H13N3O/c13-12-14-10-7-2-1-6-9(10)11(15-12)16-8-4-3-5-8/h1-2,6-8H,3-5H2,(H2,13,14,15). The second-order valence-electron chi connectivity index (χ2n) is 4.07. The Labute approximate surface area is 93.5 Å². The maximum absolute atomic E-state index is 5.81. The number of hydrogen-bond acceptors (Lipinski definition) is 4. The lowest BCUT2D eigenvalue weighted by Crippen LogP contribution is -2.25. The van der Waals surface area contributed by atoms with Crippen molar-refractivity contribution in [1.29, 1.82) is 0 Å². The summed E-state index contributed by atoms with van der Waals surface area (Å²) >= 11 is 0. The molecule has 0 unspecified atom stereocenters. The molecule has 1 aromatic carbocycles. The number of nitrogens with two attached hydrogens (primary N) is 1.